The van der Waals surface area contributed by atoms with Crippen molar-refractivity contribution in [1.29, 1.82) is 0 Å². The summed E-state index contributed by atoms with van der Waals surface area (Å²) >= 11 is 0. The van der Waals surface area contributed by atoms with Crippen molar-refractivity contribution < 1.29 is 25.5 Å². The minimum atomic E-state index is -1.41. The molecule has 0 bridgehead atoms. The zero-order chi connectivity index (χ0) is 11.9. The Labute approximate surface area is 93.7 Å². The van der Waals surface area contributed by atoms with Gasteiger partial charge in [0, 0.05) is 6.54 Å². The summed E-state index contributed by atoms with van der Waals surface area (Å²) in [5, 5.41) is 47.7. The van der Waals surface area contributed by atoms with E-state index in [9.17, 15) is 25.5 Å². The summed E-state index contributed by atoms with van der Waals surface area (Å²) in [6.45, 7) is 0.183. The number of hydrogen-bond acceptors (Lipinski definition) is 6. The zero-order valence-electron chi connectivity index (χ0n) is 8.98. The Hall–Kier alpha value is -0.240. The Balaban J connectivity index is 2.10. The zero-order valence-corrected chi connectivity index (χ0v) is 8.98. The maximum atomic E-state index is 9.80. The fourth-order valence-electron chi connectivity index (χ4n) is 2.25. The van der Waals surface area contributed by atoms with Gasteiger partial charge in [-0.1, -0.05) is 0 Å². The highest BCUT2D eigenvalue weighted by Gasteiger charge is 2.47. The summed E-state index contributed by atoms with van der Waals surface area (Å²) in [7, 11) is 0. The number of rotatable bonds is 3. The second-order valence-corrected chi connectivity index (χ2v) is 4.78. The van der Waals surface area contributed by atoms with Gasteiger partial charge in [-0.2, -0.15) is 0 Å². The Kier molecular flexibility index (Phi) is 3.48. The molecule has 0 spiro atoms. The molecule has 1 aliphatic carbocycles. The van der Waals surface area contributed by atoms with E-state index in [1.165, 1.54) is 4.90 Å². The number of aliphatic hydroxyl groups is 5. The molecule has 6 heteroatoms. The number of hydrogen-bond donors (Lipinski definition) is 5. The molecule has 2 rings (SSSR count). The molecule has 5 N–H and O–H groups in total. The standard InChI is InChI=1S/C10H19NO5/c12-4-6-7(13)8(14)9(15)10(16)11(6)3-5-1-2-5/h5-10,12-16H,1-4H2/t6-,7-,8+,9-,10?/m1/s1. The predicted molar refractivity (Wildman–Crippen MR) is 54.3 cm³/mol. The number of likely N-dealkylation sites (tertiary alicyclic amines) is 1. The van der Waals surface area contributed by atoms with Crippen LogP contribution in [0.15, 0.2) is 0 Å². The molecule has 1 unspecified atom stereocenters. The molecule has 5 atom stereocenters. The minimum absolute atomic E-state index is 0.352. The SMILES string of the molecule is OC[C@@H]1[C@@H](O)[C@H](O)[C@@H](O)C(O)N1CC1CC1. The molecule has 16 heavy (non-hydrogen) atoms. The van der Waals surface area contributed by atoms with E-state index in [2.05, 4.69) is 0 Å². The summed E-state index contributed by atoms with van der Waals surface area (Å²) < 4.78 is 0. The molecule has 2 fully saturated rings. The van der Waals surface area contributed by atoms with E-state index in [0.717, 1.165) is 12.8 Å². The van der Waals surface area contributed by atoms with Crippen LogP contribution in [0, 0.1) is 5.92 Å². The maximum Gasteiger partial charge on any atom is 0.136 e. The van der Waals surface area contributed by atoms with Gasteiger partial charge in [-0.25, -0.2) is 0 Å². The van der Waals surface area contributed by atoms with E-state index in [4.69, 9.17) is 0 Å². The molecule has 0 aromatic rings. The average molecular weight is 233 g/mol. The monoisotopic (exact) mass is 233 g/mol. The van der Waals surface area contributed by atoms with Crippen molar-refractivity contribution in [2.24, 2.45) is 5.92 Å². The van der Waals surface area contributed by atoms with Crippen molar-refractivity contribution in [2.45, 2.75) is 43.4 Å². The van der Waals surface area contributed by atoms with E-state index in [-0.39, 0.29) is 6.61 Å². The highest BCUT2D eigenvalue weighted by molar-refractivity contribution is 4.97. The molecule has 1 heterocycles. The lowest BCUT2D eigenvalue weighted by atomic mass is 9.92. The van der Waals surface area contributed by atoms with Crippen LogP contribution in [0.5, 0.6) is 0 Å². The van der Waals surface area contributed by atoms with Gasteiger partial charge in [-0.05, 0) is 18.8 Å². The van der Waals surface area contributed by atoms with Crippen molar-refractivity contribution in [3.8, 4) is 0 Å². The molecule has 2 aliphatic rings. The van der Waals surface area contributed by atoms with Gasteiger partial charge in [-0.15, -0.1) is 0 Å². The van der Waals surface area contributed by atoms with Gasteiger partial charge in [-0.3, -0.25) is 4.90 Å². The predicted octanol–water partition coefficient (Wildman–Crippen LogP) is -2.53. The van der Waals surface area contributed by atoms with Gasteiger partial charge in [0.2, 0.25) is 0 Å². The molecule has 6 nitrogen and oxygen atoms in total. The van der Waals surface area contributed by atoms with Crippen molar-refractivity contribution >= 4 is 0 Å². The van der Waals surface area contributed by atoms with Gasteiger partial charge in [0.1, 0.15) is 24.5 Å². The first-order valence-electron chi connectivity index (χ1n) is 5.65. The van der Waals surface area contributed by atoms with Crippen LogP contribution < -0.4 is 0 Å². The summed E-state index contributed by atoms with van der Waals surface area (Å²) in [5.41, 5.74) is 0. The van der Waals surface area contributed by atoms with Crippen LogP contribution in [0.4, 0.5) is 0 Å². The topological polar surface area (TPSA) is 104 Å². The van der Waals surface area contributed by atoms with Gasteiger partial charge >= 0.3 is 0 Å². The molecular formula is C10H19NO5. The Morgan fingerprint density at radius 2 is 1.56 bits per heavy atom. The van der Waals surface area contributed by atoms with Crippen LogP contribution in [0.25, 0.3) is 0 Å². The summed E-state index contributed by atoms with van der Waals surface area (Å²) in [6, 6.07) is -0.714. The third kappa shape index (κ3) is 2.09. The Bertz CT molecular complexity index is 247. The molecule has 0 aromatic carbocycles. The van der Waals surface area contributed by atoms with Crippen molar-refractivity contribution in [1.82, 2.24) is 4.90 Å². The van der Waals surface area contributed by atoms with Crippen LogP contribution in [-0.2, 0) is 0 Å². The number of piperidine rings is 1. The molecule has 1 aliphatic heterocycles. The highest BCUT2D eigenvalue weighted by atomic mass is 16.4. The van der Waals surface area contributed by atoms with E-state index < -0.39 is 30.6 Å². The third-order valence-corrected chi connectivity index (χ3v) is 3.52. The lowest BCUT2D eigenvalue weighted by Crippen LogP contribution is -2.67. The largest absolute Gasteiger partial charge is 0.395 e. The molecular weight excluding hydrogens is 214 g/mol. The first-order valence-corrected chi connectivity index (χ1v) is 5.65. The van der Waals surface area contributed by atoms with Gasteiger partial charge < -0.3 is 25.5 Å². The second-order valence-electron chi connectivity index (χ2n) is 4.78. The van der Waals surface area contributed by atoms with Gasteiger partial charge in [0.15, 0.2) is 0 Å². The second kappa shape index (κ2) is 4.56. The molecule has 1 saturated heterocycles. The third-order valence-electron chi connectivity index (χ3n) is 3.52. The summed E-state index contributed by atoms with van der Waals surface area (Å²) in [5.74, 6) is 0.457. The summed E-state index contributed by atoms with van der Waals surface area (Å²) in [6.07, 6.45) is -3.14. The maximum absolute atomic E-state index is 9.80. The normalized spacial score (nSPS) is 45.9. The van der Waals surface area contributed by atoms with Crippen molar-refractivity contribution in [3.63, 3.8) is 0 Å². The molecule has 0 amide bonds. The molecule has 0 radical (unpaired) electrons. The fraction of sp³-hybridized carbons (Fsp3) is 1.00. The molecule has 94 valence electrons. The van der Waals surface area contributed by atoms with Crippen LogP contribution in [0.1, 0.15) is 12.8 Å². The quantitative estimate of drug-likeness (QED) is 0.368. The van der Waals surface area contributed by atoms with Crippen LogP contribution in [0.2, 0.25) is 0 Å². The van der Waals surface area contributed by atoms with Gasteiger partial charge in [0.25, 0.3) is 0 Å². The van der Waals surface area contributed by atoms with E-state index in [1.807, 2.05) is 0 Å². The van der Waals surface area contributed by atoms with E-state index >= 15 is 0 Å². The van der Waals surface area contributed by atoms with Crippen molar-refractivity contribution in [3.05, 3.63) is 0 Å². The fourth-order valence-corrected chi connectivity index (χ4v) is 2.25. The van der Waals surface area contributed by atoms with Crippen LogP contribution in [0.3, 0.4) is 0 Å². The Morgan fingerprint density at radius 1 is 0.938 bits per heavy atom. The lowest BCUT2D eigenvalue weighted by molar-refractivity contribution is -0.223. The average Bonchev–Trinajstić information content (AvgIpc) is 3.07. The first-order chi connectivity index (χ1) is 7.56. The first kappa shape index (κ1) is 12.2. The minimum Gasteiger partial charge on any atom is -0.395 e. The summed E-state index contributed by atoms with van der Waals surface area (Å²) in [4.78, 5) is 1.49. The molecule has 1 saturated carbocycles. The smallest absolute Gasteiger partial charge is 0.136 e. The number of aliphatic hydroxyl groups excluding tert-OH is 5. The van der Waals surface area contributed by atoms with E-state index in [0.29, 0.717) is 12.5 Å². The van der Waals surface area contributed by atoms with Gasteiger partial charge in [0.05, 0.1) is 12.6 Å². The van der Waals surface area contributed by atoms with Crippen molar-refractivity contribution in [2.75, 3.05) is 13.2 Å². The lowest BCUT2D eigenvalue weighted by Gasteiger charge is -2.46. The Morgan fingerprint density at radius 3 is 2.06 bits per heavy atom. The van der Waals surface area contributed by atoms with Crippen LogP contribution >= 0.6 is 0 Å². The van der Waals surface area contributed by atoms with E-state index in [1.54, 1.807) is 0 Å². The number of nitrogens with zero attached hydrogens (tertiary/aromatic N) is 1. The molecule has 0 aromatic heterocycles. The van der Waals surface area contributed by atoms with Crippen LogP contribution in [-0.4, -0.2) is 74.2 Å². The highest BCUT2D eigenvalue weighted by Crippen LogP contribution is 2.33.